The van der Waals surface area contributed by atoms with Crippen LogP contribution < -0.4 is 10.6 Å². The number of hydrogen-bond donors (Lipinski definition) is 2. The lowest BCUT2D eigenvalue weighted by Crippen LogP contribution is -2.14. The number of amides is 1. The highest BCUT2D eigenvalue weighted by Crippen LogP contribution is 2.25. The first-order chi connectivity index (χ1) is 9.51. The van der Waals surface area contributed by atoms with Gasteiger partial charge in [-0.2, -0.15) is 0 Å². The van der Waals surface area contributed by atoms with Crippen molar-refractivity contribution in [2.45, 2.75) is 0 Å². The first-order valence-electron chi connectivity index (χ1n) is 5.26. The summed E-state index contributed by atoms with van der Waals surface area (Å²) >= 11 is 4.42. The molecule has 0 saturated carbocycles. The molecule has 10 heteroatoms. The standard InChI is InChI=1S/C10H8BrN5O3S/c1-12-8-2-5(6(3-13-8)16(18)19)9(17)15-10-14-4-7(11)20-10/h2-4H,1H3,(H,12,13)(H,14,15,17). The molecule has 20 heavy (non-hydrogen) atoms. The monoisotopic (exact) mass is 357 g/mol. The van der Waals surface area contributed by atoms with Crippen LogP contribution in [0.5, 0.6) is 0 Å². The van der Waals surface area contributed by atoms with Gasteiger partial charge in [0.25, 0.3) is 11.6 Å². The highest BCUT2D eigenvalue weighted by molar-refractivity contribution is 9.11. The van der Waals surface area contributed by atoms with Gasteiger partial charge in [0.05, 0.1) is 14.9 Å². The minimum absolute atomic E-state index is 0.0827. The molecule has 0 fully saturated rings. The van der Waals surface area contributed by atoms with E-state index in [1.54, 1.807) is 7.05 Å². The third-order valence-electron chi connectivity index (χ3n) is 2.28. The molecule has 2 aromatic rings. The Kier molecular flexibility index (Phi) is 4.25. The Labute approximate surface area is 125 Å². The fourth-order valence-electron chi connectivity index (χ4n) is 1.39. The summed E-state index contributed by atoms with van der Waals surface area (Å²) in [7, 11) is 1.60. The number of hydrogen-bond acceptors (Lipinski definition) is 7. The Hall–Kier alpha value is -2.07. The average Bonchev–Trinajstić information content (AvgIpc) is 2.83. The lowest BCUT2D eigenvalue weighted by atomic mass is 10.2. The molecule has 2 N–H and O–H groups in total. The maximum atomic E-state index is 12.1. The number of aromatic nitrogens is 2. The summed E-state index contributed by atoms with van der Waals surface area (Å²) in [5, 5.41) is 16.5. The molecule has 0 saturated heterocycles. The smallest absolute Gasteiger partial charge is 0.300 e. The molecule has 0 aliphatic rings. The number of thiazole rings is 1. The van der Waals surface area contributed by atoms with E-state index in [1.165, 1.54) is 23.6 Å². The fourth-order valence-corrected chi connectivity index (χ4v) is 2.49. The molecule has 0 bridgehead atoms. The van der Waals surface area contributed by atoms with Crippen molar-refractivity contribution in [2.75, 3.05) is 17.7 Å². The van der Waals surface area contributed by atoms with E-state index in [-0.39, 0.29) is 11.3 Å². The number of anilines is 2. The molecule has 0 aliphatic heterocycles. The van der Waals surface area contributed by atoms with Crippen molar-refractivity contribution in [3.05, 3.63) is 37.9 Å². The van der Waals surface area contributed by atoms with Gasteiger partial charge in [-0.3, -0.25) is 20.2 Å². The van der Waals surface area contributed by atoms with E-state index in [0.29, 0.717) is 10.9 Å². The predicted octanol–water partition coefficient (Wildman–Crippen LogP) is 2.50. The summed E-state index contributed by atoms with van der Waals surface area (Å²) in [6.07, 6.45) is 2.57. The van der Waals surface area contributed by atoms with Crippen LogP contribution in [0.3, 0.4) is 0 Å². The van der Waals surface area contributed by atoms with E-state index in [9.17, 15) is 14.9 Å². The van der Waals surface area contributed by atoms with Crippen molar-refractivity contribution in [3.63, 3.8) is 0 Å². The van der Waals surface area contributed by atoms with Gasteiger partial charge in [-0.25, -0.2) is 9.97 Å². The van der Waals surface area contributed by atoms with Gasteiger partial charge in [-0.05, 0) is 15.9 Å². The number of nitrogens with zero attached hydrogens (tertiary/aromatic N) is 3. The van der Waals surface area contributed by atoms with E-state index in [1.807, 2.05) is 0 Å². The molecule has 104 valence electrons. The van der Waals surface area contributed by atoms with Crippen LogP contribution in [0.1, 0.15) is 10.4 Å². The summed E-state index contributed by atoms with van der Waals surface area (Å²) < 4.78 is 0.743. The average molecular weight is 358 g/mol. The Morgan fingerprint density at radius 2 is 2.20 bits per heavy atom. The molecule has 0 aromatic carbocycles. The van der Waals surface area contributed by atoms with Gasteiger partial charge < -0.3 is 5.32 Å². The Morgan fingerprint density at radius 3 is 2.75 bits per heavy atom. The lowest BCUT2D eigenvalue weighted by Gasteiger charge is -2.05. The zero-order valence-electron chi connectivity index (χ0n) is 10.1. The molecule has 2 rings (SSSR count). The minimum Gasteiger partial charge on any atom is -0.373 e. The first-order valence-corrected chi connectivity index (χ1v) is 6.87. The Bertz CT molecular complexity index is 675. The summed E-state index contributed by atoms with van der Waals surface area (Å²) in [6, 6.07) is 1.32. The quantitative estimate of drug-likeness (QED) is 0.642. The van der Waals surface area contributed by atoms with Gasteiger partial charge in [0.1, 0.15) is 17.6 Å². The Balaban J connectivity index is 2.34. The van der Waals surface area contributed by atoms with Crippen LogP contribution >= 0.6 is 27.3 Å². The third-order valence-corrected chi connectivity index (χ3v) is 3.67. The van der Waals surface area contributed by atoms with Gasteiger partial charge in [0.15, 0.2) is 5.13 Å². The molecule has 0 radical (unpaired) electrons. The normalized spacial score (nSPS) is 10.1. The van der Waals surface area contributed by atoms with E-state index in [4.69, 9.17) is 0 Å². The molecule has 0 spiro atoms. The summed E-state index contributed by atoms with van der Waals surface area (Å²) in [5.74, 6) is -0.251. The second-order valence-corrected chi connectivity index (χ2v) is 5.93. The maximum absolute atomic E-state index is 12.1. The van der Waals surface area contributed by atoms with Gasteiger partial charge in [0, 0.05) is 13.1 Å². The van der Waals surface area contributed by atoms with Gasteiger partial charge in [-0.15, -0.1) is 0 Å². The van der Waals surface area contributed by atoms with E-state index in [0.717, 1.165) is 9.98 Å². The topological polar surface area (TPSA) is 110 Å². The van der Waals surface area contributed by atoms with E-state index >= 15 is 0 Å². The zero-order chi connectivity index (χ0) is 14.7. The van der Waals surface area contributed by atoms with Crippen molar-refractivity contribution in [1.29, 1.82) is 0 Å². The summed E-state index contributed by atoms with van der Waals surface area (Å²) in [4.78, 5) is 30.1. The van der Waals surface area contributed by atoms with Crippen LogP contribution in [0.15, 0.2) is 22.2 Å². The molecule has 8 nitrogen and oxygen atoms in total. The van der Waals surface area contributed by atoms with Crippen molar-refractivity contribution in [2.24, 2.45) is 0 Å². The molecule has 0 unspecified atom stereocenters. The van der Waals surface area contributed by atoms with Crippen LogP contribution in [0.4, 0.5) is 16.6 Å². The second-order valence-electron chi connectivity index (χ2n) is 3.52. The first kappa shape index (κ1) is 14.3. The van der Waals surface area contributed by atoms with Crippen molar-refractivity contribution in [3.8, 4) is 0 Å². The molecule has 2 aromatic heterocycles. The second kappa shape index (κ2) is 5.92. The predicted molar refractivity (Wildman–Crippen MR) is 78.2 cm³/mol. The maximum Gasteiger partial charge on any atom is 0.300 e. The van der Waals surface area contributed by atoms with E-state index in [2.05, 4.69) is 36.5 Å². The highest BCUT2D eigenvalue weighted by Gasteiger charge is 2.22. The van der Waals surface area contributed by atoms with Crippen LogP contribution in [0.25, 0.3) is 0 Å². The molecular formula is C10H8BrN5O3S. The van der Waals surface area contributed by atoms with Crippen molar-refractivity contribution in [1.82, 2.24) is 9.97 Å². The summed E-state index contributed by atoms with van der Waals surface area (Å²) in [6.45, 7) is 0. The molecule has 2 heterocycles. The molecule has 1 amide bonds. The highest BCUT2D eigenvalue weighted by atomic mass is 79.9. The van der Waals surface area contributed by atoms with Crippen LogP contribution in [-0.4, -0.2) is 27.8 Å². The van der Waals surface area contributed by atoms with Gasteiger partial charge >= 0.3 is 0 Å². The van der Waals surface area contributed by atoms with Crippen molar-refractivity contribution < 1.29 is 9.72 Å². The molecule has 0 atom stereocenters. The van der Waals surface area contributed by atoms with E-state index < -0.39 is 10.8 Å². The van der Waals surface area contributed by atoms with Crippen LogP contribution in [-0.2, 0) is 0 Å². The van der Waals surface area contributed by atoms with Crippen LogP contribution in [0.2, 0.25) is 0 Å². The van der Waals surface area contributed by atoms with Gasteiger partial charge in [0.2, 0.25) is 0 Å². The number of nitro groups is 1. The number of nitrogens with one attached hydrogen (secondary N) is 2. The van der Waals surface area contributed by atoms with Crippen molar-refractivity contribution >= 4 is 49.8 Å². The Morgan fingerprint density at radius 1 is 1.45 bits per heavy atom. The van der Waals surface area contributed by atoms with Crippen LogP contribution in [0, 0.1) is 10.1 Å². The lowest BCUT2D eigenvalue weighted by molar-refractivity contribution is -0.385. The number of pyridine rings is 1. The third kappa shape index (κ3) is 3.08. The SMILES string of the molecule is CNc1cc(C(=O)Nc2ncc(Br)s2)c([N+](=O)[O-])cn1. The largest absolute Gasteiger partial charge is 0.373 e. The number of carbonyl (C=O) groups excluding carboxylic acids is 1. The summed E-state index contributed by atoms with van der Waals surface area (Å²) in [5.41, 5.74) is -0.446. The molecule has 0 aliphatic carbocycles. The number of carbonyl (C=O) groups is 1. The minimum atomic E-state index is -0.654. The van der Waals surface area contributed by atoms with Gasteiger partial charge in [-0.1, -0.05) is 11.3 Å². The number of halogens is 1. The fraction of sp³-hybridized carbons (Fsp3) is 0.100. The number of rotatable bonds is 4. The zero-order valence-corrected chi connectivity index (χ0v) is 12.5. The molecular weight excluding hydrogens is 350 g/mol.